The molecule has 0 aliphatic carbocycles. The third-order valence-electron chi connectivity index (χ3n) is 4.97. The molecule has 140 valence electrons. The molecule has 0 bridgehead atoms. The van der Waals surface area contributed by atoms with Gasteiger partial charge in [0.15, 0.2) is 8.32 Å². The lowest BCUT2D eigenvalue weighted by atomic mass is 10.0. The van der Waals surface area contributed by atoms with Crippen molar-refractivity contribution in [1.82, 2.24) is 0 Å². The first kappa shape index (κ1) is 22.0. The van der Waals surface area contributed by atoms with E-state index in [0.717, 1.165) is 18.4 Å². The second-order valence-electron chi connectivity index (χ2n) is 8.05. The van der Waals surface area contributed by atoms with E-state index in [9.17, 15) is 5.11 Å². The van der Waals surface area contributed by atoms with Crippen molar-refractivity contribution in [3.8, 4) is 0 Å². The Morgan fingerprint density at radius 1 is 1.24 bits per heavy atom. The Morgan fingerprint density at radius 2 is 1.84 bits per heavy atom. The predicted molar refractivity (Wildman–Crippen MR) is 108 cm³/mol. The van der Waals surface area contributed by atoms with E-state index in [0.29, 0.717) is 6.61 Å². The number of hydrogen-bond donors (Lipinski definition) is 1. The van der Waals surface area contributed by atoms with Gasteiger partial charge in [0.2, 0.25) is 0 Å². The SMILES string of the molecule is C=C[C@H](O)[C@H](OCc1ccccc1)[C@@H](CC[CH2+])O[Si](C)(C)C(C)(C)C. The van der Waals surface area contributed by atoms with Crippen molar-refractivity contribution in [3.05, 3.63) is 55.5 Å². The van der Waals surface area contributed by atoms with Gasteiger partial charge >= 0.3 is 0 Å². The lowest BCUT2D eigenvalue weighted by Crippen LogP contribution is -2.50. The molecule has 0 heterocycles. The van der Waals surface area contributed by atoms with Crippen molar-refractivity contribution in [2.75, 3.05) is 0 Å². The summed E-state index contributed by atoms with van der Waals surface area (Å²) >= 11 is 0. The van der Waals surface area contributed by atoms with Gasteiger partial charge in [-0.3, -0.25) is 0 Å². The average Bonchev–Trinajstić information content (AvgIpc) is 2.54. The van der Waals surface area contributed by atoms with Crippen LogP contribution in [0.15, 0.2) is 43.0 Å². The van der Waals surface area contributed by atoms with E-state index in [1.807, 2.05) is 30.3 Å². The van der Waals surface area contributed by atoms with Gasteiger partial charge in [-0.25, -0.2) is 0 Å². The molecule has 25 heavy (non-hydrogen) atoms. The topological polar surface area (TPSA) is 38.7 Å². The summed E-state index contributed by atoms with van der Waals surface area (Å²) in [6.07, 6.45) is 1.58. The summed E-state index contributed by atoms with van der Waals surface area (Å²) in [5.41, 5.74) is 1.07. The van der Waals surface area contributed by atoms with Crippen LogP contribution in [0, 0.1) is 6.92 Å². The Hall–Kier alpha value is -1.07. The molecule has 0 saturated carbocycles. The molecule has 0 saturated heterocycles. The van der Waals surface area contributed by atoms with Crippen molar-refractivity contribution in [2.45, 2.75) is 76.7 Å². The van der Waals surface area contributed by atoms with Crippen LogP contribution in [0.2, 0.25) is 18.1 Å². The first-order valence-electron chi connectivity index (χ1n) is 9.05. The number of aliphatic hydroxyl groups excluding tert-OH is 1. The van der Waals surface area contributed by atoms with Crippen LogP contribution in [0.1, 0.15) is 39.2 Å². The molecular formula is C21H35O3Si+. The minimum atomic E-state index is -1.99. The summed E-state index contributed by atoms with van der Waals surface area (Å²) < 4.78 is 12.7. The van der Waals surface area contributed by atoms with Gasteiger partial charge in [-0.2, -0.15) is 0 Å². The average molecular weight is 364 g/mol. The summed E-state index contributed by atoms with van der Waals surface area (Å²) in [5, 5.41) is 10.6. The molecule has 3 atom stereocenters. The van der Waals surface area contributed by atoms with Crippen LogP contribution in [-0.2, 0) is 15.8 Å². The third-order valence-corrected chi connectivity index (χ3v) is 9.48. The fraction of sp³-hybridized carbons (Fsp3) is 0.571. The highest BCUT2D eigenvalue weighted by Crippen LogP contribution is 2.38. The van der Waals surface area contributed by atoms with Crippen molar-refractivity contribution < 1.29 is 14.3 Å². The van der Waals surface area contributed by atoms with Crippen LogP contribution in [-0.4, -0.2) is 31.7 Å². The van der Waals surface area contributed by atoms with Crippen molar-refractivity contribution in [2.24, 2.45) is 0 Å². The van der Waals surface area contributed by atoms with Gasteiger partial charge in [-0.15, -0.1) is 6.58 Å². The van der Waals surface area contributed by atoms with Crippen LogP contribution < -0.4 is 0 Å². The zero-order valence-corrected chi connectivity index (χ0v) is 17.5. The second kappa shape index (κ2) is 9.58. The first-order chi connectivity index (χ1) is 11.6. The molecule has 0 aliphatic rings. The van der Waals surface area contributed by atoms with Crippen molar-refractivity contribution >= 4 is 8.32 Å². The molecule has 0 radical (unpaired) electrons. The van der Waals surface area contributed by atoms with E-state index in [-0.39, 0.29) is 11.1 Å². The monoisotopic (exact) mass is 363 g/mol. The fourth-order valence-electron chi connectivity index (χ4n) is 2.37. The second-order valence-corrected chi connectivity index (χ2v) is 12.8. The zero-order valence-electron chi connectivity index (χ0n) is 16.5. The Morgan fingerprint density at radius 3 is 2.32 bits per heavy atom. The van der Waals surface area contributed by atoms with Gasteiger partial charge in [-0.05, 0) is 23.7 Å². The van der Waals surface area contributed by atoms with Crippen LogP contribution in [0.5, 0.6) is 0 Å². The lowest BCUT2D eigenvalue weighted by Gasteiger charge is -2.41. The summed E-state index contributed by atoms with van der Waals surface area (Å²) in [4.78, 5) is 0. The van der Waals surface area contributed by atoms with Gasteiger partial charge in [-0.1, -0.05) is 57.2 Å². The molecule has 0 amide bonds. The van der Waals surface area contributed by atoms with Gasteiger partial charge in [0.05, 0.1) is 26.1 Å². The Balaban J connectivity index is 2.95. The molecule has 0 spiro atoms. The largest absolute Gasteiger partial charge is 0.411 e. The van der Waals surface area contributed by atoms with E-state index < -0.39 is 20.5 Å². The number of aliphatic hydroxyl groups is 1. The summed E-state index contributed by atoms with van der Waals surface area (Å²) in [6.45, 7) is 19.2. The van der Waals surface area contributed by atoms with E-state index in [4.69, 9.17) is 9.16 Å². The highest BCUT2D eigenvalue weighted by Gasteiger charge is 2.42. The minimum absolute atomic E-state index is 0.0928. The van der Waals surface area contributed by atoms with Crippen LogP contribution in [0.3, 0.4) is 0 Å². The maximum atomic E-state index is 10.5. The smallest absolute Gasteiger partial charge is 0.192 e. The van der Waals surface area contributed by atoms with E-state index in [1.165, 1.54) is 6.08 Å². The normalized spacial score (nSPS) is 16.2. The van der Waals surface area contributed by atoms with E-state index in [1.54, 1.807) is 0 Å². The summed E-state index contributed by atoms with van der Waals surface area (Å²) in [7, 11) is -1.99. The van der Waals surface area contributed by atoms with E-state index >= 15 is 0 Å². The number of rotatable bonds is 10. The summed E-state index contributed by atoms with van der Waals surface area (Å²) in [6, 6.07) is 9.98. The van der Waals surface area contributed by atoms with Crippen LogP contribution in [0.4, 0.5) is 0 Å². The molecule has 1 rings (SSSR count). The van der Waals surface area contributed by atoms with Gasteiger partial charge in [0.25, 0.3) is 0 Å². The molecule has 0 aromatic heterocycles. The zero-order chi connectivity index (χ0) is 19.1. The minimum Gasteiger partial charge on any atom is -0.411 e. The standard InChI is InChI=1S/C21H35O3Si/c1-8-13-19(24-25(6,7)21(3,4)5)20(18(22)9-2)23-16-17-14-11-10-12-15-17/h9-12,14-15,18-20,22H,1-2,8,13,16H2,3-7H3/q+1/t18-,19+,20-/m0/s1. The molecule has 1 aromatic carbocycles. The molecule has 1 aromatic rings. The highest BCUT2D eigenvalue weighted by molar-refractivity contribution is 6.74. The molecular weight excluding hydrogens is 328 g/mol. The number of ether oxygens (including phenoxy) is 1. The quantitative estimate of drug-likeness (QED) is 0.356. The number of benzene rings is 1. The lowest BCUT2D eigenvalue weighted by molar-refractivity contribution is -0.0894. The molecule has 4 heteroatoms. The van der Waals surface area contributed by atoms with Crippen LogP contribution >= 0.6 is 0 Å². The maximum absolute atomic E-state index is 10.5. The summed E-state index contributed by atoms with van der Waals surface area (Å²) in [5.74, 6) is 0. The number of hydrogen-bond acceptors (Lipinski definition) is 3. The van der Waals surface area contributed by atoms with Crippen molar-refractivity contribution in [3.63, 3.8) is 0 Å². The third kappa shape index (κ3) is 6.63. The van der Waals surface area contributed by atoms with Gasteiger partial charge < -0.3 is 14.3 Å². The maximum Gasteiger partial charge on any atom is 0.192 e. The molecule has 3 nitrogen and oxygen atoms in total. The van der Waals surface area contributed by atoms with Crippen molar-refractivity contribution in [1.29, 1.82) is 0 Å². The first-order valence-corrected chi connectivity index (χ1v) is 12.0. The predicted octanol–water partition coefficient (Wildman–Crippen LogP) is 5.12. The molecule has 1 N–H and O–H groups in total. The molecule has 0 fully saturated rings. The highest BCUT2D eigenvalue weighted by atomic mass is 28.4. The fourth-order valence-corrected chi connectivity index (χ4v) is 3.74. The molecule has 0 aliphatic heterocycles. The van der Waals surface area contributed by atoms with Gasteiger partial charge in [0, 0.05) is 6.42 Å². The van der Waals surface area contributed by atoms with Crippen LogP contribution in [0.25, 0.3) is 0 Å². The Kier molecular flexibility index (Phi) is 8.42. The molecule has 0 unspecified atom stereocenters. The Bertz CT molecular complexity index is 508. The van der Waals surface area contributed by atoms with E-state index in [2.05, 4.69) is 47.4 Å². The van der Waals surface area contributed by atoms with Gasteiger partial charge in [0.1, 0.15) is 12.2 Å². The Labute approximate surface area is 155 Å².